The third kappa shape index (κ3) is 3.94. The fourth-order valence-electron chi connectivity index (χ4n) is 6.51. The molecule has 0 radical (unpaired) electrons. The van der Waals surface area contributed by atoms with Crippen molar-refractivity contribution in [2.45, 2.75) is 0 Å². The van der Waals surface area contributed by atoms with Crippen LogP contribution in [0.15, 0.2) is 162 Å². The number of rotatable bonds is 4. The van der Waals surface area contributed by atoms with Crippen LogP contribution in [0.2, 0.25) is 0 Å². The number of hydrogen-bond acceptors (Lipinski definition) is 2. The van der Waals surface area contributed by atoms with Crippen LogP contribution >= 0.6 is 0 Å². The fraction of sp³-hybridized carbons (Fsp3) is 0. The van der Waals surface area contributed by atoms with Gasteiger partial charge in [-0.1, -0.05) is 78.9 Å². The molecular weight excluding hydrogens is 536 g/mol. The molecule has 0 aliphatic rings. The van der Waals surface area contributed by atoms with E-state index in [4.69, 9.17) is 4.42 Å². The van der Waals surface area contributed by atoms with Crippen LogP contribution in [0.5, 0.6) is 0 Å². The predicted octanol–water partition coefficient (Wildman–Crippen LogP) is 11.1. The zero-order valence-corrected chi connectivity index (χ0v) is 23.8. The molecule has 0 spiro atoms. The Morgan fingerprint density at radius 2 is 1.00 bits per heavy atom. The molecule has 3 heteroatoms. The Bertz CT molecular complexity index is 2470. The van der Waals surface area contributed by atoms with E-state index < -0.39 is 0 Å². The average molecular weight is 563 g/mol. The largest absolute Gasteiger partial charge is 0.456 e. The van der Waals surface area contributed by atoms with Crippen molar-refractivity contribution in [3.8, 4) is 39.2 Å². The molecule has 0 unspecified atom stereocenters. The second kappa shape index (κ2) is 9.82. The second-order valence-corrected chi connectivity index (χ2v) is 11.2. The first-order valence-corrected chi connectivity index (χ1v) is 14.9. The lowest BCUT2D eigenvalue weighted by Gasteiger charge is -2.10. The maximum atomic E-state index is 6.23. The summed E-state index contributed by atoms with van der Waals surface area (Å²) >= 11 is 0. The molecule has 206 valence electrons. The molecule has 3 nitrogen and oxygen atoms in total. The van der Waals surface area contributed by atoms with Crippen LogP contribution in [0.4, 0.5) is 0 Å². The molecule has 9 rings (SSSR count). The highest BCUT2D eigenvalue weighted by molar-refractivity contribution is 6.11. The molecule has 0 saturated heterocycles. The van der Waals surface area contributed by atoms with E-state index in [1.807, 2.05) is 30.5 Å². The van der Waals surface area contributed by atoms with Crippen LogP contribution in [0.3, 0.4) is 0 Å². The van der Waals surface area contributed by atoms with E-state index in [0.717, 1.165) is 44.4 Å². The van der Waals surface area contributed by atoms with E-state index in [9.17, 15) is 0 Å². The Hall–Kier alpha value is -5.93. The molecule has 0 fully saturated rings. The lowest BCUT2D eigenvalue weighted by molar-refractivity contribution is 0.669. The molecule has 0 aliphatic heterocycles. The van der Waals surface area contributed by atoms with Crippen molar-refractivity contribution in [1.29, 1.82) is 0 Å². The quantitative estimate of drug-likeness (QED) is 0.214. The van der Waals surface area contributed by atoms with Gasteiger partial charge in [-0.05, 0) is 95.1 Å². The molecule has 3 heterocycles. The van der Waals surface area contributed by atoms with E-state index in [0.29, 0.717) is 0 Å². The Labute approximate surface area is 254 Å². The van der Waals surface area contributed by atoms with Crippen LogP contribution in [0.25, 0.3) is 82.9 Å². The SMILES string of the molecule is c1ccc(-c2ccc(-n3c4ccccc4c4cc(-c5ccc6oc7ccc(-c8ccccn8)cc7c6c5)ccc43)cc2)cc1. The third-order valence-electron chi connectivity index (χ3n) is 8.67. The lowest BCUT2D eigenvalue weighted by atomic mass is 10.00. The van der Waals surface area contributed by atoms with E-state index in [-0.39, 0.29) is 0 Å². The average Bonchev–Trinajstić information content (AvgIpc) is 3.63. The van der Waals surface area contributed by atoms with Gasteiger partial charge in [-0.3, -0.25) is 4.98 Å². The van der Waals surface area contributed by atoms with Gasteiger partial charge in [-0.2, -0.15) is 0 Å². The van der Waals surface area contributed by atoms with Crippen molar-refractivity contribution in [2.75, 3.05) is 0 Å². The van der Waals surface area contributed by atoms with Crippen molar-refractivity contribution in [3.05, 3.63) is 158 Å². The first kappa shape index (κ1) is 24.6. The maximum absolute atomic E-state index is 6.23. The normalized spacial score (nSPS) is 11.6. The summed E-state index contributed by atoms with van der Waals surface area (Å²) in [6, 6.07) is 53.7. The monoisotopic (exact) mass is 562 g/mol. The zero-order valence-electron chi connectivity index (χ0n) is 23.8. The van der Waals surface area contributed by atoms with Gasteiger partial charge >= 0.3 is 0 Å². The number of aromatic nitrogens is 2. The van der Waals surface area contributed by atoms with Gasteiger partial charge in [0.2, 0.25) is 0 Å². The number of pyridine rings is 1. The van der Waals surface area contributed by atoms with Gasteiger partial charge in [0.15, 0.2) is 0 Å². The third-order valence-corrected chi connectivity index (χ3v) is 8.67. The van der Waals surface area contributed by atoms with Crippen LogP contribution in [0.1, 0.15) is 0 Å². The van der Waals surface area contributed by atoms with Crippen LogP contribution in [-0.4, -0.2) is 9.55 Å². The minimum atomic E-state index is 0.883. The van der Waals surface area contributed by atoms with Gasteiger partial charge in [0.25, 0.3) is 0 Å². The van der Waals surface area contributed by atoms with Gasteiger partial charge in [-0.15, -0.1) is 0 Å². The Morgan fingerprint density at radius 1 is 0.409 bits per heavy atom. The molecule has 0 aliphatic carbocycles. The van der Waals surface area contributed by atoms with E-state index in [1.165, 1.54) is 38.5 Å². The summed E-state index contributed by atoms with van der Waals surface area (Å²) in [6.45, 7) is 0. The first-order chi connectivity index (χ1) is 21.8. The molecule has 6 aromatic carbocycles. The summed E-state index contributed by atoms with van der Waals surface area (Å²) in [5.41, 5.74) is 12.1. The Morgan fingerprint density at radius 3 is 1.77 bits per heavy atom. The molecule has 0 atom stereocenters. The summed E-state index contributed by atoms with van der Waals surface area (Å²) in [5.74, 6) is 0. The topological polar surface area (TPSA) is 31.0 Å². The molecular formula is C41H26N2O. The molecule has 0 N–H and O–H groups in total. The van der Waals surface area contributed by atoms with Crippen molar-refractivity contribution in [2.24, 2.45) is 0 Å². The van der Waals surface area contributed by atoms with Crippen molar-refractivity contribution in [3.63, 3.8) is 0 Å². The highest BCUT2D eigenvalue weighted by Gasteiger charge is 2.15. The summed E-state index contributed by atoms with van der Waals surface area (Å²) in [6.07, 6.45) is 1.83. The summed E-state index contributed by atoms with van der Waals surface area (Å²) in [7, 11) is 0. The number of furan rings is 1. The van der Waals surface area contributed by atoms with Crippen LogP contribution in [-0.2, 0) is 0 Å². The van der Waals surface area contributed by atoms with Gasteiger partial charge in [0.05, 0.1) is 16.7 Å². The van der Waals surface area contributed by atoms with E-state index in [1.54, 1.807) is 0 Å². The first-order valence-electron chi connectivity index (χ1n) is 14.9. The van der Waals surface area contributed by atoms with Crippen LogP contribution < -0.4 is 0 Å². The van der Waals surface area contributed by atoms with Crippen molar-refractivity contribution < 1.29 is 4.42 Å². The minimum Gasteiger partial charge on any atom is -0.456 e. The molecule has 0 amide bonds. The summed E-state index contributed by atoms with van der Waals surface area (Å²) < 4.78 is 8.60. The smallest absolute Gasteiger partial charge is 0.135 e. The maximum Gasteiger partial charge on any atom is 0.135 e. The molecule has 0 saturated carbocycles. The van der Waals surface area contributed by atoms with Gasteiger partial charge in [0.1, 0.15) is 11.2 Å². The fourth-order valence-corrected chi connectivity index (χ4v) is 6.51. The lowest BCUT2D eigenvalue weighted by Crippen LogP contribution is -1.93. The minimum absolute atomic E-state index is 0.883. The highest BCUT2D eigenvalue weighted by Crippen LogP contribution is 2.38. The number of nitrogens with zero attached hydrogens (tertiary/aromatic N) is 2. The molecule has 9 aromatic rings. The van der Waals surface area contributed by atoms with Crippen molar-refractivity contribution >= 4 is 43.7 Å². The zero-order chi connectivity index (χ0) is 29.0. The van der Waals surface area contributed by atoms with Gasteiger partial charge < -0.3 is 8.98 Å². The Balaban J connectivity index is 1.17. The summed E-state index contributed by atoms with van der Waals surface area (Å²) in [4.78, 5) is 4.55. The standard InChI is InChI=1S/C41H26N2O/c1-2-8-27(9-3-1)28-13-18-32(19-14-28)43-38-12-5-4-10-33(38)34-24-29(15-20-39(34)43)30-16-21-40-35(25-30)36-26-31(17-22-41(36)44-40)37-11-6-7-23-42-37/h1-26H. The van der Waals surface area contributed by atoms with Gasteiger partial charge in [-0.25, -0.2) is 0 Å². The Kier molecular flexibility index (Phi) is 5.50. The molecule has 3 aromatic heterocycles. The number of fused-ring (bicyclic) bond motifs is 6. The van der Waals surface area contributed by atoms with Gasteiger partial charge in [0, 0.05) is 39.0 Å². The van der Waals surface area contributed by atoms with E-state index >= 15 is 0 Å². The molecule has 0 bridgehead atoms. The number of benzene rings is 6. The van der Waals surface area contributed by atoms with Crippen LogP contribution in [0, 0.1) is 0 Å². The highest BCUT2D eigenvalue weighted by atomic mass is 16.3. The molecule has 44 heavy (non-hydrogen) atoms. The predicted molar refractivity (Wildman–Crippen MR) is 182 cm³/mol. The second-order valence-electron chi connectivity index (χ2n) is 11.2. The van der Waals surface area contributed by atoms with Crippen molar-refractivity contribution in [1.82, 2.24) is 9.55 Å². The number of hydrogen-bond donors (Lipinski definition) is 0. The summed E-state index contributed by atoms with van der Waals surface area (Å²) in [5, 5.41) is 4.68. The number of para-hydroxylation sites is 1. The van der Waals surface area contributed by atoms with E-state index in [2.05, 4.69) is 137 Å².